The van der Waals surface area contributed by atoms with Gasteiger partial charge in [0.25, 0.3) is 0 Å². The summed E-state index contributed by atoms with van der Waals surface area (Å²) in [5.41, 5.74) is 4.00. The number of rotatable bonds is 8. The minimum absolute atomic E-state index is 0.245. The van der Waals surface area contributed by atoms with Crippen molar-refractivity contribution in [3.63, 3.8) is 0 Å². The van der Waals surface area contributed by atoms with E-state index < -0.39 is 0 Å². The van der Waals surface area contributed by atoms with Crippen LogP contribution in [0, 0.1) is 0 Å². The lowest BCUT2D eigenvalue weighted by atomic mass is 10.1. The third kappa shape index (κ3) is 4.58. The zero-order valence-electron chi connectivity index (χ0n) is 17.7. The molecule has 0 saturated carbocycles. The number of para-hydroxylation sites is 1. The van der Waals surface area contributed by atoms with Crippen molar-refractivity contribution in [2.24, 2.45) is 0 Å². The second kappa shape index (κ2) is 9.94. The Morgan fingerprint density at radius 2 is 1.68 bits per heavy atom. The van der Waals surface area contributed by atoms with Gasteiger partial charge in [0, 0.05) is 16.8 Å². The maximum absolute atomic E-state index is 6.23. The first-order valence-corrected chi connectivity index (χ1v) is 11.2. The van der Waals surface area contributed by atoms with Crippen LogP contribution >= 0.6 is 15.9 Å². The Morgan fingerprint density at radius 1 is 0.903 bits per heavy atom. The Labute approximate surface area is 191 Å². The summed E-state index contributed by atoms with van der Waals surface area (Å²) in [6.07, 6.45) is 1.66. The van der Waals surface area contributed by atoms with Crippen LogP contribution in [0.1, 0.15) is 31.2 Å². The van der Waals surface area contributed by atoms with Gasteiger partial charge in [-0.1, -0.05) is 64.5 Å². The van der Waals surface area contributed by atoms with Gasteiger partial charge in [-0.15, -0.1) is 0 Å². The highest BCUT2D eigenvalue weighted by atomic mass is 79.9. The van der Waals surface area contributed by atoms with E-state index in [1.54, 1.807) is 0 Å². The van der Waals surface area contributed by atoms with Gasteiger partial charge >= 0.3 is 0 Å². The van der Waals surface area contributed by atoms with E-state index in [-0.39, 0.29) is 6.10 Å². The molecule has 0 aliphatic heterocycles. The van der Waals surface area contributed by atoms with E-state index in [4.69, 9.17) is 14.5 Å². The van der Waals surface area contributed by atoms with E-state index in [0.29, 0.717) is 13.2 Å². The van der Waals surface area contributed by atoms with Crippen LogP contribution < -0.4 is 4.74 Å². The number of imidazole rings is 1. The molecular weight excluding hydrogens is 452 g/mol. The normalized spacial score (nSPS) is 12.0. The van der Waals surface area contributed by atoms with Crippen molar-refractivity contribution in [2.45, 2.75) is 20.0 Å². The van der Waals surface area contributed by atoms with Gasteiger partial charge in [0.2, 0.25) is 0 Å². The maximum Gasteiger partial charge on any atom is 0.148 e. The molecule has 1 unspecified atom stereocenters. The van der Waals surface area contributed by atoms with Crippen molar-refractivity contribution in [3.8, 4) is 22.8 Å². The van der Waals surface area contributed by atoms with E-state index in [2.05, 4.69) is 44.8 Å². The van der Waals surface area contributed by atoms with Crippen LogP contribution in [0.15, 0.2) is 89.5 Å². The maximum atomic E-state index is 6.23. The third-order valence-corrected chi connectivity index (χ3v) is 5.48. The van der Waals surface area contributed by atoms with Gasteiger partial charge in [-0.2, -0.15) is 0 Å². The molecule has 158 valence electrons. The topological polar surface area (TPSA) is 36.3 Å². The van der Waals surface area contributed by atoms with Gasteiger partial charge in [-0.05, 0) is 49.7 Å². The highest BCUT2D eigenvalue weighted by molar-refractivity contribution is 9.10. The molecule has 5 heteroatoms. The molecule has 0 spiro atoms. The summed E-state index contributed by atoms with van der Waals surface area (Å²) in [5, 5.41) is 0. The van der Waals surface area contributed by atoms with Crippen molar-refractivity contribution in [1.29, 1.82) is 0 Å². The number of hydrogen-bond acceptors (Lipinski definition) is 3. The van der Waals surface area contributed by atoms with Crippen molar-refractivity contribution in [1.82, 2.24) is 9.55 Å². The van der Waals surface area contributed by atoms with Gasteiger partial charge in [-0.25, -0.2) is 4.98 Å². The van der Waals surface area contributed by atoms with E-state index in [0.717, 1.165) is 38.6 Å². The molecule has 4 aromatic rings. The fourth-order valence-corrected chi connectivity index (χ4v) is 4.09. The fraction of sp³-hybridized carbons (Fsp3) is 0.192. The molecule has 0 N–H and O–H groups in total. The second-order valence-electron chi connectivity index (χ2n) is 7.00. The number of benzene rings is 3. The molecule has 0 bridgehead atoms. The molecule has 0 saturated heterocycles. The van der Waals surface area contributed by atoms with Gasteiger partial charge in [-0.3, -0.25) is 4.57 Å². The Balaban J connectivity index is 1.95. The Morgan fingerprint density at radius 3 is 2.42 bits per heavy atom. The molecule has 0 amide bonds. The number of halogens is 1. The van der Waals surface area contributed by atoms with Gasteiger partial charge in [0.1, 0.15) is 17.7 Å². The second-order valence-corrected chi connectivity index (χ2v) is 7.91. The Bertz CT molecular complexity index is 1140. The first-order chi connectivity index (χ1) is 15.2. The molecule has 1 atom stereocenters. The zero-order chi connectivity index (χ0) is 21.6. The van der Waals surface area contributed by atoms with Gasteiger partial charge < -0.3 is 9.47 Å². The molecule has 0 fully saturated rings. The monoisotopic (exact) mass is 476 g/mol. The molecule has 0 aliphatic carbocycles. The van der Waals surface area contributed by atoms with E-state index in [1.165, 1.54) is 0 Å². The van der Waals surface area contributed by atoms with Gasteiger partial charge in [0.05, 0.1) is 24.1 Å². The summed E-state index contributed by atoms with van der Waals surface area (Å²) in [7, 11) is 0. The minimum atomic E-state index is -0.245. The highest BCUT2D eigenvalue weighted by Crippen LogP contribution is 2.36. The molecule has 1 heterocycles. The minimum Gasteiger partial charge on any atom is -0.493 e. The number of ether oxygens (including phenoxy) is 2. The molecule has 0 aliphatic rings. The molecule has 1 aromatic heterocycles. The van der Waals surface area contributed by atoms with Crippen LogP contribution in [0.2, 0.25) is 0 Å². The van der Waals surface area contributed by atoms with Crippen molar-refractivity contribution in [3.05, 3.63) is 101 Å². The zero-order valence-corrected chi connectivity index (χ0v) is 19.2. The molecule has 31 heavy (non-hydrogen) atoms. The van der Waals surface area contributed by atoms with Crippen molar-refractivity contribution in [2.75, 3.05) is 13.2 Å². The quantitative estimate of drug-likeness (QED) is 0.279. The summed E-state index contributed by atoms with van der Waals surface area (Å²) in [4.78, 5) is 4.85. The lowest BCUT2D eigenvalue weighted by molar-refractivity contribution is 0.0873. The Hall–Kier alpha value is -2.89. The predicted octanol–water partition coefficient (Wildman–Crippen LogP) is 6.83. The Kier molecular flexibility index (Phi) is 6.85. The van der Waals surface area contributed by atoms with Crippen LogP contribution in [0.3, 0.4) is 0 Å². The van der Waals surface area contributed by atoms with E-state index >= 15 is 0 Å². The van der Waals surface area contributed by atoms with Crippen LogP contribution in [-0.2, 0) is 4.74 Å². The van der Waals surface area contributed by atoms with E-state index in [9.17, 15) is 0 Å². The average Bonchev–Trinajstić information content (AvgIpc) is 3.23. The van der Waals surface area contributed by atoms with Crippen LogP contribution in [0.5, 0.6) is 5.75 Å². The molecule has 0 radical (unpaired) electrons. The fourth-order valence-electron chi connectivity index (χ4n) is 3.71. The number of aromatic nitrogens is 2. The average molecular weight is 477 g/mol. The van der Waals surface area contributed by atoms with Crippen LogP contribution in [-0.4, -0.2) is 22.8 Å². The summed E-state index contributed by atoms with van der Waals surface area (Å²) >= 11 is 3.62. The standard InChI is InChI=1S/C26H25BrN2O2/c1-3-30-24-16-9-8-15-22(24)26-28-18-23(29(26)21-14-10-13-20(27)17-21)25(31-4-2)19-11-6-5-7-12-19/h5-18,25H,3-4H2,1-2H3. The highest BCUT2D eigenvalue weighted by Gasteiger charge is 2.24. The summed E-state index contributed by atoms with van der Waals surface area (Å²) < 4.78 is 15.3. The molecule has 4 nitrogen and oxygen atoms in total. The first-order valence-electron chi connectivity index (χ1n) is 10.4. The summed E-state index contributed by atoms with van der Waals surface area (Å²) in [6, 6.07) is 26.5. The lowest BCUT2D eigenvalue weighted by Gasteiger charge is -2.21. The van der Waals surface area contributed by atoms with Crippen molar-refractivity contribution >= 4 is 15.9 Å². The molecule has 4 rings (SSSR count). The third-order valence-electron chi connectivity index (χ3n) is 4.99. The smallest absolute Gasteiger partial charge is 0.148 e. The summed E-state index contributed by atoms with van der Waals surface area (Å²) in [5.74, 6) is 1.63. The lowest BCUT2D eigenvalue weighted by Crippen LogP contribution is -2.12. The molecule has 3 aromatic carbocycles. The largest absolute Gasteiger partial charge is 0.493 e. The SMILES string of the molecule is CCOc1ccccc1-c1ncc(C(OCC)c2ccccc2)n1-c1cccc(Br)c1. The summed E-state index contributed by atoms with van der Waals surface area (Å²) in [6.45, 7) is 5.19. The van der Waals surface area contributed by atoms with Crippen LogP contribution in [0.4, 0.5) is 0 Å². The van der Waals surface area contributed by atoms with Crippen LogP contribution in [0.25, 0.3) is 17.1 Å². The molecular formula is C26H25BrN2O2. The van der Waals surface area contributed by atoms with Gasteiger partial charge in [0.15, 0.2) is 0 Å². The van der Waals surface area contributed by atoms with Crippen molar-refractivity contribution < 1.29 is 9.47 Å². The number of nitrogens with zero attached hydrogens (tertiary/aromatic N) is 2. The number of hydrogen-bond donors (Lipinski definition) is 0. The first kappa shape index (κ1) is 21.3. The predicted molar refractivity (Wildman–Crippen MR) is 128 cm³/mol. The van der Waals surface area contributed by atoms with E-state index in [1.807, 2.05) is 74.6 Å².